The number of nitro groups is 2. The molecular weight excluding hydrogens is 440 g/mol. The number of Topliss-reactive ketones (excluding diaryl/α,β-unsaturated/α-hetero) is 2. The van der Waals surface area contributed by atoms with Gasteiger partial charge in [-0.1, -0.05) is 6.58 Å². The summed E-state index contributed by atoms with van der Waals surface area (Å²) < 4.78 is 9.54. The van der Waals surface area contributed by atoms with Gasteiger partial charge in [0, 0.05) is 41.0 Å². The van der Waals surface area contributed by atoms with E-state index >= 15 is 0 Å². The number of nitro benzene ring substituents is 2. The van der Waals surface area contributed by atoms with Crippen LogP contribution in [-0.2, 0) is 19.1 Å². The summed E-state index contributed by atoms with van der Waals surface area (Å²) in [6.07, 6.45) is -0.599. The number of esters is 2. The number of rotatable bonds is 11. The van der Waals surface area contributed by atoms with Crippen LogP contribution in [0, 0.1) is 20.2 Å². The van der Waals surface area contributed by atoms with Crippen molar-refractivity contribution < 1.29 is 38.5 Å². The zero-order valence-electron chi connectivity index (χ0n) is 16.9. The molecule has 170 valence electrons. The molecule has 0 aliphatic rings. The molecule has 0 heterocycles. The Morgan fingerprint density at radius 3 is 1.52 bits per heavy atom. The summed E-state index contributed by atoms with van der Waals surface area (Å²) in [5, 5.41) is 21.2. The Labute approximate surface area is 185 Å². The van der Waals surface area contributed by atoms with Gasteiger partial charge in [-0.25, -0.2) is 4.79 Å². The summed E-state index contributed by atoms with van der Waals surface area (Å²) in [6.45, 7) is 2.04. The van der Waals surface area contributed by atoms with Crippen molar-refractivity contribution in [3.8, 4) is 0 Å². The monoisotopic (exact) mass is 456 g/mol. The zero-order valence-corrected chi connectivity index (χ0v) is 16.9. The van der Waals surface area contributed by atoms with Gasteiger partial charge in [0.1, 0.15) is 0 Å². The third-order valence-electron chi connectivity index (χ3n) is 4.15. The van der Waals surface area contributed by atoms with Gasteiger partial charge >= 0.3 is 11.9 Å². The molecule has 12 nitrogen and oxygen atoms in total. The predicted molar refractivity (Wildman–Crippen MR) is 111 cm³/mol. The van der Waals surface area contributed by atoms with E-state index in [2.05, 4.69) is 6.58 Å². The molecule has 0 bridgehead atoms. The number of hydrogen-bond acceptors (Lipinski definition) is 10. The number of carbonyl (C=O) groups excluding carboxylic acids is 4. The van der Waals surface area contributed by atoms with E-state index in [-0.39, 0.29) is 28.1 Å². The smallest absolute Gasteiger partial charge is 0.334 e. The Hall–Kier alpha value is -4.74. The maximum atomic E-state index is 12.0. The van der Waals surface area contributed by atoms with Crippen molar-refractivity contribution in [2.24, 2.45) is 0 Å². The third kappa shape index (κ3) is 7.17. The molecule has 0 spiro atoms. The lowest BCUT2D eigenvalue weighted by atomic mass is 10.1. The van der Waals surface area contributed by atoms with Gasteiger partial charge in [0.2, 0.25) is 0 Å². The summed E-state index contributed by atoms with van der Waals surface area (Å²) in [5.74, 6) is -3.22. The Balaban J connectivity index is 1.77. The summed E-state index contributed by atoms with van der Waals surface area (Å²) in [5.41, 5.74) is -0.549. The van der Waals surface area contributed by atoms with Crippen molar-refractivity contribution in [2.45, 2.75) is 6.42 Å². The molecular formula is C21H16N2O10. The summed E-state index contributed by atoms with van der Waals surface area (Å²) in [7, 11) is 0. The Morgan fingerprint density at radius 1 is 0.727 bits per heavy atom. The largest absolute Gasteiger partial charge is 0.457 e. The topological polar surface area (TPSA) is 173 Å². The van der Waals surface area contributed by atoms with Crippen LogP contribution in [0.5, 0.6) is 0 Å². The molecule has 0 saturated carbocycles. The number of nitrogens with zero attached hydrogens (tertiary/aromatic N) is 2. The first-order chi connectivity index (χ1) is 15.6. The molecule has 0 aromatic heterocycles. The van der Waals surface area contributed by atoms with Crippen LogP contribution in [0.15, 0.2) is 60.7 Å². The number of non-ortho nitro benzene ring substituents is 2. The molecule has 0 aliphatic carbocycles. The van der Waals surface area contributed by atoms with Crippen molar-refractivity contribution in [1.82, 2.24) is 0 Å². The minimum Gasteiger partial charge on any atom is -0.457 e. The van der Waals surface area contributed by atoms with Crippen molar-refractivity contribution in [3.63, 3.8) is 0 Å². The molecule has 33 heavy (non-hydrogen) atoms. The third-order valence-corrected chi connectivity index (χ3v) is 4.15. The Kier molecular flexibility index (Phi) is 8.21. The highest BCUT2D eigenvalue weighted by Crippen LogP contribution is 2.14. The molecule has 2 aromatic rings. The van der Waals surface area contributed by atoms with Crippen molar-refractivity contribution in [3.05, 3.63) is 92.0 Å². The van der Waals surface area contributed by atoms with E-state index in [0.29, 0.717) is 0 Å². The predicted octanol–water partition coefficient (Wildman–Crippen LogP) is 2.60. The highest BCUT2D eigenvalue weighted by atomic mass is 16.6. The fraction of sp³-hybridized carbons (Fsp3) is 0.143. The van der Waals surface area contributed by atoms with Gasteiger partial charge in [-0.15, -0.1) is 0 Å². The Bertz CT molecular complexity index is 1120. The van der Waals surface area contributed by atoms with Crippen LogP contribution in [0.1, 0.15) is 27.1 Å². The molecule has 0 saturated heterocycles. The van der Waals surface area contributed by atoms with Gasteiger partial charge in [-0.2, -0.15) is 0 Å². The molecule has 0 N–H and O–H groups in total. The lowest BCUT2D eigenvalue weighted by Crippen LogP contribution is -2.19. The van der Waals surface area contributed by atoms with Crippen molar-refractivity contribution >= 4 is 34.9 Å². The average molecular weight is 456 g/mol. The van der Waals surface area contributed by atoms with Gasteiger partial charge in [0.25, 0.3) is 11.4 Å². The molecule has 2 rings (SSSR count). The van der Waals surface area contributed by atoms with E-state index in [9.17, 15) is 39.4 Å². The second-order valence-electron chi connectivity index (χ2n) is 6.47. The molecule has 0 radical (unpaired) electrons. The van der Waals surface area contributed by atoms with Gasteiger partial charge in [-0.3, -0.25) is 34.6 Å². The Morgan fingerprint density at radius 2 is 1.12 bits per heavy atom. The minimum absolute atomic E-state index is 0.0863. The number of carbonyl (C=O) groups is 4. The molecule has 2 aromatic carbocycles. The maximum Gasteiger partial charge on any atom is 0.334 e. The molecule has 12 heteroatoms. The first kappa shape index (κ1) is 24.5. The SMILES string of the molecule is C=C(CC(=O)OCC(=O)c1ccc([N+](=O)[O-])cc1)C(=O)OCC(=O)c1ccc([N+](=O)[O-])cc1. The van der Waals surface area contributed by atoms with Gasteiger partial charge in [0.05, 0.1) is 16.3 Å². The zero-order chi connectivity index (χ0) is 24.5. The summed E-state index contributed by atoms with van der Waals surface area (Å²) in [4.78, 5) is 67.7. The van der Waals surface area contributed by atoms with Crippen LogP contribution in [-0.4, -0.2) is 46.6 Å². The van der Waals surface area contributed by atoms with Crippen LogP contribution in [0.4, 0.5) is 11.4 Å². The first-order valence-electron chi connectivity index (χ1n) is 9.14. The molecule has 0 amide bonds. The minimum atomic E-state index is -1.04. The summed E-state index contributed by atoms with van der Waals surface area (Å²) >= 11 is 0. The van der Waals surface area contributed by atoms with Crippen LogP contribution >= 0.6 is 0 Å². The van der Waals surface area contributed by atoms with E-state index in [1.54, 1.807) is 0 Å². The van der Waals surface area contributed by atoms with E-state index in [1.807, 2.05) is 0 Å². The average Bonchev–Trinajstić information content (AvgIpc) is 2.80. The van der Waals surface area contributed by atoms with Crippen LogP contribution in [0.25, 0.3) is 0 Å². The lowest BCUT2D eigenvalue weighted by Gasteiger charge is -2.07. The molecule has 0 fully saturated rings. The van der Waals surface area contributed by atoms with Gasteiger partial charge in [-0.05, 0) is 24.3 Å². The van der Waals surface area contributed by atoms with Crippen LogP contribution in [0.3, 0.4) is 0 Å². The van der Waals surface area contributed by atoms with Crippen LogP contribution in [0.2, 0.25) is 0 Å². The maximum absolute atomic E-state index is 12.0. The highest BCUT2D eigenvalue weighted by Gasteiger charge is 2.18. The van der Waals surface area contributed by atoms with E-state index in [1.165, 1.54) is 24.3 Å². The quantitative estimate of drug-likeness (QED) is 0.161. The summed E-state index contributed by atoms with van der Waals surface area (Å²) in [6, 6.07) is 9.36. The fourth-order valence-electron chi connectivity index (χ4n) is 2.38. The number of hydrogen-bond donors (Lipinski definition) is 0. The number of benzene rings is 2. The van der Waals surface area contributed by atoms with E-state index in [4.69, 9.17) is 9.47 Å². The normalized spacial score (nSPS) is 10.1. The van der Waals surface area contributed by atoms with Gasteiger partial charge < -0.3 is 9.47 Å². The van der Waals surface area contributed by atoms with E-state index < -0.39 is 53.0 Å². The number of ether oxygens (including phenoxy) is 2. The van der Waals surface area contributed by atoms with Crippen LogP contribution < -0.4 is 0 Å². The number of ketones is 2. The molecule has 0 unspecified atom stereocenters. The van der Waals surface area contributed by atoms with Gasteiger partial charge in [0.15, 0.2) is 24.8 Å². The van der Waals surface area contributed by atoms with Crippen molar-refractivity contribution in [1.29, 1.82) is 0 Å². The molecule has 0 aliphatic heterocycles. The van der Waals surface area contributed by atoms with Crippen molar-refractivity contribution in [2.75, 3.05) is 13.2 Å². The fourth-order valence-corrected chi connectivity index (χ4v) is 2.38. The van der Waals surface area contributed by atoms with E-state index in [0.717, 1.165) is 24.3 Å². The second-order valence-corrected chi connectivity index (χ2v) is 6.47. The lowest BCUT2D eigenvalue weighted by molar-refractivity contribution is -0.385. The second kappa shape index (κ2) is 11.0. The highest BCUT2D eigenvalue weighted by molar-refractivity contribution is 6.01. The first-order valence-corrected chi connectivity index (χ1v) is 9.14. The standard InChI is InChI=1S/C21H16N2O10/c1-13(21(27)33-12-19(25)15-4-8-17(9-5-15)23(30)31)10-20(26)32-11-18(24)14-2-6-16(7-3-14)22(28)29/h2-9H,1,10-12H2. The molecule has 0 atom stereocenters.